The summed E-state index contributed by atoms with van der Waals surface area (Å²) < 4.78 is 0. The second-order valence-electron chi connectivity index (χ2n) is 5.30. The molecule has 1 aromatic rings. The van der Waals surface area contributed by atoms with Crippen LogP contribution in [0.4, 0.5) is 5.69 Å². The molecule has 1 unspecified atom stereocenters. The van der Waals surface area contributed by atoms with E-state index in [1.54, 1.807) is 25.1 Å². The van der Waals surface area contributed by atoms with Crippen LogP contribution in [0.25, 0.3) is 0 Å². The first-order valence-corrected chi connectivity index (χ1v) is 7.15. The molecule has 1 rings (SSSR count). The first kappa shape index (κ1) is 17.0. The topological polar surface area (TPSA) is 76.4 Å². The highest BCUT2D eigenvalue weighted by atomic mass is 16.3. The van der Waals surface area contributed by atoms with E-state index in [9.17, 15) is 9.90 Å². The Morgan fingerprint density at radius 3 is 2.57 bits per heavy atom. The van der Waals surface area contributed by atoms with Crippen LogP contribution in [0.15, 0.2) is 18.2 Å². The predicted molar refractivity (Wildman–Crippen MR) is 83.0 cm³/mol. The maximum Gasteiger partial charge on any atom is 0.239 e. The minimum absolute atomic E-state index is 0.0780. The van der Waals surface area contributed by atoms with Crippen molar-refractivity contribution in [1.82, 2.24) is 5.32 Å². The molecule has 1 aromatic carbocycles. The molecule has 0 aromatic heterocycles. The Morgan fingerprint density at radius 2 is 2.10 bits per heavy atom. The number of rotatable bonds is 6. The van der Waals surface area contributed by atoms with E-state index in [0.29, 0.717) is 17.7 Å². The van der Waals surface area contributed by atoms with Gasteiger partial charge in [-0.25, -0.2) is 0 Å². The van der Waals surface area contributed by atoms with E-state index in [1.165, 1.54) is 0 Å². The Balaban J connectivity index is 3.08. The van der Waals surface area contributed by atoms with Crippen molar-refractivity contribution in [2.45, 2.75) is 39.8 Å². The van der Waals surface area contributed by atoms with Crippen LogP contribution in [0, 0.1) is 11.3 Å². The minimum atomic E-state index is -0.657. The van der Waals surface area contributed by atoms with Crippen molar-refractivity contribution in [2.24, 2.45) is 0 Å². The SMILES string of the molecule is CCN(CC(=O)NC(C)C)c1cc(C#N)ccc1C(C)O. The zero-order chi connectivity index (χ0) is 16.0. The monoisotopic (exact) mass is 289 g/mol. The van der Waals surface area contributed by atoms with Gasteiger partial charge in [-0.2, -0.15) is 5.26 Å². The number of amides is 1. The first-order valence-electron chi connectivity index (χ1n) is 7.15. The van der Waals surface area contributed by atoms with Crippen molar-refractivity contribution in [2.75, 3.05) is 18.0 Å². The van der Waals surface area contributed by atoms with Crippen molar-refractivity contribution < 1.29 is 9.90 Å². The number of nitrogens with zero attached hydrogens (tertiary/aromatic N) is 2. The summed E-state index contributed by atoms with van der Waals surface area (Å²) in [6, 6.07) is 7.30. The smallest absolute Gasteiger partial charge is 0.239 e. The standard InChI is InChI=1S/C16H23N3O2/c1-5-19(10-16(21)18-11(2)3)15-8-13(9-17)6-7-14(15)12(4)20/h6-8,11-12,20H,5,10H2,1-4H3,(H,18,21). The number of benzene rings is 1. The summed E-state index contributed by atoms with van der Waals surface area (Å²) in [5.41, 5.74) is 1.95. The van der Waals surface area contributed by atoms with Gasteiger partial charge in [0, 0.05) is 23.8 Å². The number of aliphatic hydroxyl groups is 1. The van der Waals surface area contributed by atoms with Crippen LogP contribution in [-0.4, -0.2) is 30.1 Å². The highest BCUT2D eigenvalue weighted by Gasteiger charge is 2.17. The van der Waals surface area contributed by atoms with Gasteiger partial charge in [0.1, 0.15) is 0 Å². The van der Waals surface area contributed by atoms with E-state index in [1.807, 2.05) is 25.7 Å². The maximum absolute atomic E-state index is 12.0. The summed E-state index contributed by atoms with van der Waals surface area (Å²) in [6.45, 7) is 8.24. The van der Waals surface area contributed by atoms with E-state index in [2.05, 4.69) is 11.4 Å². The fourth-order valence-electron chi connectivity index (χ4n) is 2.15. The number of anilines is 1. The van der Waals surface area contributed by atoms with E-state index in [0.717, 1.165) is 5.69 Å². The minimum Gasteiger partial charge on any atom is -0.389 e. The van der Waals surface area contributed by atoms with E-state index < -0.39 is 6.10 Å². The summed E-state index contributed by atoms with van der Waals surface area (Å²) >= 11 is 0. The van der Waals surface area contributed by atoms with Gasteiger partial charge in [0.25, 0.3) is 0 Å². The third-order valence-corrected chi connectivity index (χ3v) is 3.12. The van der Waals surface area contributed by atoms with Gasteiger partial charge < -0.3 is 15.3 Å². The van der Waals surface area contributed by atoms with Gasteiger partial charge in [-0.3, -0.25) is 4.79 Å². The molecule has 0 saturated heterocycles. The van der Waals surface area contributed by atoms with Gasteiger partial charge in [0.05, 0.1) is 24.3 Å². The highest BCUT2D eigenvalue weighted by Crippen LogP contribution is 2.27. The Hall–Kier alpha value is -2.06. The molecule has 0 heterocycles. The molecule has 0 saturated carbocycles. The Bertz CT molecular complexity index is 533. The average Bonchev–Trinajstić information content (AvgIpc) is 2.43. The number of nitriles is 1. The van der Waals surface area contributed by atoms with Gasteiger partial charge in [0.2, 0.25) is 5.91 Å². The molecule has 0 fully saturated rings. The van der Waals surface area contributed by atoms with Gasteiger partial charge in [0.15, 0.2) is 0 Å². The average molecular weight is 289 g/mol. The Morgan fingerprint density at radius 1 is 1.43 bits per heavy atom. The molecule has 0 aliphatic rings. The molecule has 5 heteroatoms. The summed E-state index contributed by atoms with van der Waals surface area (Å²) in [5.74, 6) is -0.0780. The molecule has 0 aliphatic carbocycles. The summed E-state index contributed by atoms with van der Waals surface area (Å²) in [7, 11) is 0. The van der Waals surface area contributed by atoms with Crippen LogP contribution in [0.3, 0.4) is 0 Å². The predicted octanol–water partition coefficient (Wildman–Crippen LogP) is 1.96. The Kier molecular flexibility index (Phi) is 6.19. The number of hydrogen-bond donors (Lipinski definition) is 2. The largest absolute Gasteiger partial charge is 0.389 e. The molecule has 5 nitrogen and oxygen atoms in total. The van der Waals surface area contributed by atoms with Gasteiger partial charge >= 0.3 is 0 Å². The lowest BCUT2D eigenvalue weighted by molar-refractivity contribution is -0.120. The molecule has 1 atom stereocenters. The molecule has 0 aliphatic heterocycles. The number of carbonyl (C=O) groups excluding carboxylic acids is 1. The summed E-state index contributed by atoms with van der Waals surface area (Å²) in [5, 5.41) is 21.8. The highest BCUT2D eigenvalue weighted by molar-refractivity contribution is 5.82. The summed E-state index contributed by atoms with van der Waals surface area (Å²) in [6.07, 6.45) is -0.657. The van der Waals surface area contributed by atoms with Crippen molar-refractivity contribution in [3.05, 3.63) is 29.3 Å². The van der Waals surface area contributed by atoms with Crippen molar-refractivity contribution in [3.63, 3.8) is 0 Å². The second kappa shape index (κ2) is 7.65. The van der Waals surface area contributed by atoms with E-state index in [-0.39, 0.29) is 18.5 Å². The molecule has 0 radical (unpaired) electrons. The normalized spacial score (nSPS) is 11.9. The van der Waals surface area contributed by atoms with Gasteiger partial charge in [-0.15, -0.1) is 0 Å². The number of likely N-dealkylation sites (N-methyl/N-ethyl adjacent to an activating group) is 1. The van der Waals surface area contributed by atoms with Crippen LogP contribution in [0.5, 0.6) is 0 Å². The molecule has 1 amide bonds. The molecule has 0 spiro atoms. The lowest BCUT2D eigenvalue weighted by atomic mass is 10.0. The lowest BCUT2D eigenvalue weighted by Crippen LogP contribution is -2.40. The van der Waals surface area contributed by atoms with Crippen LogP contribution >= 0.6 is 0 Å². The molecule has 2 N–H and O–H groups in total. The fraction of sp³-hybridized carbons (Fsp3) is 0.500. The zero-order valence-electron chi connectivity index (χ0n) is 13.1. The van der Waals surface area contributed by atoms with Crippen LogP contribution < -0.4 is 10.2 Å². The first-order chi connectivity index (χ1) is 9.88. The number of nitrogens with one attached hydrogen (secondary N) is 1. The van der Waals surface area contributed by atoms with Crippen molar-refractivity contribution in [3.8, 4) is 6.07 Å². The maximum atomic E-state index is 12.0. The lowest BCUT2D eigenvalue weighted by Gasteiger charge is -2.26. The number of carbonyl (C=O) groups is 1. The molecule has 0 bridgehead atoms. The zero-order valence-corrected chi connectivity index (χ0v) is 13.1. The molecular weight excluding hydrogens is 266 g/mol. The Labute approximate surface area is 126 Å². The van der Waals surface area contributed by atoms with Crippen LogP contribution in [0.2, 0.25) is 0 Å². The third kappa shape index (κ3) is 4.76. The van der Waals surface area contributed by atoms with Crippen LogP contribution in [0.1, 0.15) is 44.9 Å². The molecule has 114 valence electrons. The van der Waals surface area contributed by atoms with E-state index in [4.69, 9.17) is 5.26 Å². The second-order valence-corrected chi connectivity index (χ2v) is 5.30. The quantitative estimate of drug-likeness (QED) is 0.839. The van der Waals surface area contributed by atoms with Crippen LogP contribution in [-0.2, 0) is 4.79 Å². The van der Waals surface area contributed by atoms with E-state index >= 15 is 0 Å². The number of aliphatic hydroxyl groups excluding tert-OH is 1. The molecule has 21 heavy (non-hydrogen) atoms. The van der Waals surface area contributed by atoms with Gasteiger partial charge in [-0.1, -0.05) is 6.07 Å². The molecular formula is C16H23N3O2. The van der Waals surface area contributed by atoms with Crippen molar-refractivity contribution >= 4 is 11.6 Å². The van der Waals surface area contributed by atoms with Crippen molar-refractivity contribution in [1.29, 1.82) is 5.26 Å². The summed E-state index contributed by atoms with van der Waals surface area (Å²) in [4.78, 5) is 13.8. The number of hydrogen-bond acceptors (Lipinski definition) is 4. The third-order valence-electron chi connectivity index (χ3n) is 3.12. The van der Waals surface area contributed by atoms with Gasteiger partial charge in [-0.05, 0) is 39.8 Å². The fourth-order valence-corrected chi connectivity index (χ4v) is 2.15.